The van der Waals surface area contributed by atoms with E-state index < -0.39 is 0 Å². The van der Waals surface area contributed by atoms with Crippen LogP contribution in [0.1, 0.15) is 43.3 Å². The summed E-state index contributed by atoms with van der Waals surface area (Å²) in [6, 6.07) is 0. The Hall–Kier alpha value is -0.940. The van der Waals surface area contributed by atoms with E-state index in [1.807, 2.05) is 0 Å². The second-order valence-corrected chi connectivity index (χ2v) is 6.04. The lowest BCUT2D eigenvalue weighted by atomic mass is 9.93. The molecule has 1 aromatic rings. The van der Waals surface area contributed by atoms with Gasteiger partial charge in [0.2, 0.25) is 5.89 Å². The second kappa shape index (κ2) is 6.01. The average molecular weight is 264 g/mol. The maximum Gasteiger partial charge on any atom is 0.231 e. The first-order valence-electron chi connectivity index (χ1n) is 7.53. The Morgan fingerprint density at radius 3 is 2.89 bits per heavy atom. The van der Waals surface area contributed by atoms with Crippen LogP contribution in [0, 0.1) is 5.92 Å². The molecule has 3 heterocycles. The molecule has 0 bridgehead atoms. The molecule has 3 rings (SSSR count). The predicted octanol–water partition coefficient (Wildman–Crippen LogP) is 1.42. The van der Waals surface area contributed by atoms with Crippen LogP contribution < -0.4 is 5.32 Å². The number of nitrogens with one attached hydrogen (secondary N) is 1. The van der Waals surface area contributed by atoms with E-state index in [1.165, 1.54) is 38.8 Å². The van der Waals surface area contributed by atoms with Gasteiger partial charge in [-0.25, -0.2) is 0 Å². The molecule has 0 saturated carbocycles. The van der Waals surface area contributed by atoms with Gasteiger partial charge in [-0.1, -0.05) is 5.16 Å². The SMILES string of the molecule is CN1CCC(Cc2noc(C3CCCNC3)n2)CC1. The molecule has 19 heavy (non-hydrogen) atoms. The van der Waals surface area contributed by atoms with E-state index in [4.69, 9.17) is 4.52 Å². The van der Waals surface area contributed by atoms with Gasteiger partial charge in [0.1, 0.15) is 0 Å². The molecule has 2 saturated heterocycles. The molecule has 2 aliphatic rings. The summed E-state index contributed by atoms with van der Waals surface area (Å²) in [5, 5.41) is 7.57. The van der Waals surface area contributed by atoms with Crippen molar-refractivity contribution in [2.45, 2.75) is 38.0 Å². The Kier molecular flexibility index (Phi) is 4.13. The highest BCUT2D eigenvalue weighted by Gasteiger charge is 2.23. The Bertz CT molecular complexity index is 392. The summed E-state index contributed by atoms with van der Waals surface area (Å²) in [5.41, 5.74) is 0. The molecule has 2 fully saturated rings. The zero-order chi connectivity index (χ0) is 13.1. The van der Waals surface area contributed by atoms with Crippen LogP contribution in [0.4, 0.5) is 0 Å². The monoisotopic (exact) mass is 264 g/mol. The lowest BCUT2D eigenvalue weighted by Crippen LogP contribution is -2.31. The number of hydrogen-bond acceptors (Lipinski definition) is 5. The standard InChI is InChI=1S/C14H24N4O/c1-18-7-4-11(5-8-18)9-13-16-14(19-17-13)12-3-2-6-15-10-12/h11-12,15H,2-10H2,1H3. The van der Waals surface area contributed by atoms with E-state index >= 15 is 0 Å². The minimum absolute atomic E-state index is 0.424. The summed E-state index contributed by atoms with van der Waals surface area (Å²) in [6.45, 7) is 4.49. The van der Waals surface area contributed by atoms with Crippen LogP contribution in [0.15, 0.2) is 4.52 Å². The molecule has 0 radical (unpaired) electrons. The molecule has 5 nitrogen and oxygen atoms in total. The quantitative estimate of drug-likeness (QED) is 0.895. The molecule has 1 N–H and O–H groups in total. The number of rotatable bonds is 3. The second-order valence-electron chi connectivity index (χ2n) is 6.04. The zero-order valence-corrected chi connectivity index (χ0v) is 11.8. The van der Waals surface area contributed by atoms with E-state index in [1.54, 1.807) is 0 Å². The van der Waals surface area contributed by atoms with Gasteiger partial charge in [0, 0.05) is 13.0 Å². The minimum Gasteiger partial charge on any atom is -0.339 e. The average Bonchev–Trinajstić information content (AvgIpc) is 2.91. The van der Waals surface area contributed by atoms with Crippen molar-refractivity contribution in [2.24, 2.45) is 5.92 Å². The third kappa shape index (κ3) is 3.34. The van der Waals surface area contributed by atoms with Crippen molar-refractivity contribution >= 4 is 0 Å². The predicted molar refractivity (Wildman–Crippen MR) is 73.1 cm³/mol. The third-order valence-electron chi connectivity index (χ3n) is 4.44. The van der Waals surface area contributed by atoms with Crippen molar-refractivity contribution in [3.05, 3.63) is 11.7 Å². The highest BCUT2D eigenvalue weighted by Crippen LogP contribution is 2.23. The van der Waals surface area contributed by atoms with Gasteiger partial charge in [0.15, 0.2) is 5.82 Å². The first kappa shape index (κ1) is 13.1. The Balaban J connectivity index is 1.55. The van der Waals surface area contributed by atoms with Crippen LogP contribution in [0.3, 0.4) is 0 Å². The molecule has 0 amide bonds. The summed E-state index contributed by atoms with van der Waals surface area (Å²) in [7, 11) is 2.19. The zero-order valence-electron chi connectivity index (χ0n) is 11.8. The number of piperidine rings is 2. The molecular formula is C14H24N4O. The molecule has 1 unspecified atom stereocenters. The lowest BCUT2D eigenvalue weighted by Gasteiger charge is -2.28. The van der Waals surface area contributed by atoms with E-state index in [9.17, 15) is 0 Å². The van der Waals surface area contributed by atoms with Gasteiger partial charge in [-0.05, 0) is 58.3 Å². The van der Waals surface area contributed by atoms with Gasteiger partial charge < -0.3 is 14.7 Å². The van der Waals surface area contributed by atoms with Crippen LogP contribution in [-0.4, -0.2) is 48.3 Å². The van der Waals surface area contributed by atoms with Crippen molar-refractivity contribution in [2.75, 3.05) is 33.2 Å². The molecule has 0 spiro atoms. The van der Waals surface area contributed by atoms with Crippen LogP contribution in [0.5, 0.6) is 0 Å². The van der Waals surface area contributed by atoms with E-state index in [0.717, 1.165) is 37.1 Å². The van der Waals surface area contributed by atoms with Gasteiger partial charge in [-0.15, -0.1) is 0 Å². The summed E-state index contributed by atoms with van der Waals surface area (Å²) in [6.07, 6.45) is 5.87. The highest BCUT2D eigenvalue weighted by atomic mass is 16.5. The van der Waals surface area contributed by atoms with Crippen LogP contribution in [0.25, 0.3) is 0 Å². The van der Waals surface area contributed by atoms with Crippen molar-refractivity contribution in [3.63, 3.8) is 0 Å². The maximum absolute atomic E-state index is 5.46. The normalized spacial score (nSPS) is 26.7. The molecule has 106 valence electrons. The fourth-order valence-electron chi connectivity index (χ4n) is 3.10. The summed E-state index contributed by atoms with van der Waals surface area (Å²) in [4.78, 5) is 7.01. The van der Waals surface area contributed by atoms with Gasteiger partial charge in [-0.3, -0.25) is 0 Å². The fourth-order valence-corrected chi connectivity index (χ4v) is 3.10. The van der Waals surface area contributed by atoms with Crippen molar-refractivity contribution in [1.29, 1.82) is 0 Å². The maximum atomic E-state index is 5.46. The molecule has 1 atom stereocenters. The Morgan fingerprint density at radius 2 is 2.16 bits per heavy atom. The number of likely N-dealkylation sites (tertiary alicyclic amines) is 1. The first-order chi connectivity index (χ1) is 9.31. The number of aromatic nitrogens is 2. The Labute approximate surface area is 114 Å². The third-order valence-corrected chi connectivity index (χ3v) is 4.44. The largest absolute Gasteiger partial charge is 0.339 e. The van der Waals surface area contributed by atoms with Gasteiger partial charge >= 0.3 is 0 Å². The molecular weight excluding hydrogens is 240 g/mol. The molecule has 0 aromatic carbocycles. The summed E-state index contributed by atoms with van der Waals surface area (Å²) in [5.74, 6) is 2.91. The Morgan fingerprint density at radius 1 is 1.32 bits per heavy atom. The van der Waals surface area contributed by atoms with Gasteiger partial charge in [0.25, 0.3) is 0 Å². The van der Waals surface area contributed by atoms with E-state index in [0.29, 0.717) is 5.92 Å². The smallest absolute Gasteiger partial charge is 0.231 e. The molecule has 5 heteroatoms. The van der Waals surface area contributed by atoms with Gasteiger partial charge in [0.05, 0.1) is 5.92 Å². The van der Waals surface area contributed by atoms with Crippen LogP contribution in [-0.2, 0) is 6.42 Å². The number of nitrogens with zero attached hydrogens (tertiary/aromatic N) is 3. The van der Waals surface area contributed by atoms with E-state index in [-0.39, 0.29) is 0 Å². The molecule has 0 aliphatic carbocycles. The molecule has 1 aromatic heterocycles. The minimum atomic E-state index is 0.424. The summed E-state index contributed by atoms with van der Waals surface area (Å²) < 4.78 is 5.46. The van der Waals surface area contributed by atoms with Crippen molar-refractivity contribution < 1.29 is 4.52 Å². The summed E-state index contributed by atoms with van der Waals surface area (Å²) >= 11 is 0. The topological polar surface area (TPSA) is 54.2 Å². The van der Waals surface area contributed by atoms with Crippen LogP contribution in [0.2, 0.25) is 0 Å². The highest BCUT2D eigenvalue weighted by molar-refractivity contribution is 4.97. The molecule has 2 aliphatic heterocycles. The van der Waals surface area contributed by atoms with Crippen LogP contribution >= 0.6 is 0 Å². The van der Waals surface area contributed by atoms with Gasteiger partial charge in [-0.2, -0.15) is 4.98 Å². The first-order valence-corrected chi connectivity index (χ1v) is 7.53. The lowest BCUT2D eigenvalue weighted by molar-refractivity contribution is 0.216. The van der Waals surface area contributed by atoms with E-state index in [2.05, 4.69) is 27.4 Å². The number of hydrogen-bond donors (Lipinski definition) is 1. The fraction of sp³-hybridized carbons (Fsp3) is 0.857. The van der Waals surface area contributed by atoms with Crippen molar-refractivity contribution in [1.82, 2.24) is 20.4 Å². The van der Waals surface area contributed by atoms with Crippen molar-refractivity contribution in [3.8, 4) is 0 Å².